The van der Waals surface area contributed by atoms with E-state index in [-0.39, 0.29) is 0 Å². The van der Waals surface area contributed by atoms with Gasteiger partial charge in [-0.2, -0.15) is 0 Å². The van der Waals surface area contributed by atoms with Crippen LogP contribution in [-0.4, -0.2) is 18.7 Å². The lowest BCUT2D eigenvalue weighted by Gasteiger charge is -2.01. The van der Waals surface area contributed by atoms with Gasteiger partial charge in [-0.15, -0.1) is 0 Å². The molecule has 0 fully saturated rings. The molecule has 0 aliphatic rings. The molecule has 0 atom stereocenters. The monoisotopic (exact) mass is 358 g/mol. The fourth-order valence-corrected chi connectivity index (χ4v) is 2.30. The number of benzene rings is 3. The molecule has 0 aliphatic carbocycles. The van der Waals surface area contributed by atoms with Crippen LogP contribution in [0.2, 0.25) is 0 Å². The van der Waals surface area contributed by atoms with Crippen LogP contribution in [0, 0.1) is 0 Å². The van der Waals surface area contributed by atoms with Crippen molar-refractivity contribution >= 4 is 18.7 Å². The van der Waals surface area contributed by atoms with Crippen molar-refractivity contribution in [3.05, 3.63) is 101 Å². The Kier molecular flexibility index (Phi) is 6.48. The molecule has 0 bridgehead atoms. The highest BCUT2D eigenvalue weighted by Gasteiger charge is 1.96. The van der Waals surface area contributed by atoms with Crippen LogP contribution in [0.25, 0.3) is 0 Å². The van der Waals surface area contributed by atoms with E-state index in [1.54, 1.807) is 42.8 Å². The predicted octanol–water partition coefficient (Wildman–Crippen LogP) is 4.46. The molecule has 0 amide bonds. The van der Waals surface area contributed by atoms with Crippen molar-refractivity contribution < 1.29 is 14.5 Å². The van der Waals surface area contributed by atoms with Crippen molar-refractivity contribution in [3.8, 4) is 5.75 Å². The number of hydrogen-bond donors (Lipinski definition) is 0. The van der Waals surface area contributed by atoms with Crippen LogP contribution in [0.15, 0.2) is 89.2 Å². The van der Waals surface area contributed by atoms with E-state index in [1.807, 2.05) is 48.5 Å². The molecular weight excluding hydrogens is 340 g/mol. The maximum Gasteiger partial charge on any atom is 0.158 e. The second-order valence-corrected chi connectivity index (χ2v) is 5.68. The summed E-state index contributed by atoms with van der Waals surface area (Å²) < 4.78 is 0. The standard InChI is InChI=1S/C22H18N2O3/c25-16-21-10-4-8-19(12-21)15-24-27-22-11-5-9-20(13-22)14-23-26-17-18-6-2-1-3-7-18/h1-16H,17H2/b23-14+,24-15+. The minimum atomic E-state index is 0.414. The van der Waals surface area contributed by atoms with Crippen molar-refractivity contribution in [1.29, 1.82) is 0 Å². The predicted molar refractivity (Wildman–Crippen MR) is 105 cm³/mol. The van der Waals surface area contributed by atoms with Crippen LogP contribution in [0.5, 0.6) is 5.75 Å². The summed E-state index contributed by atoms with van der Waals surface area (Å²) in [7, 11) is 0. The first-order valence-corrected chi connectivity index (χ1v) is 8.38. The SMILES string of the molecule is O=Cc1cccc(/C=N/Oc2cccc(/C=N/OCc3ccccc3)c2)c1. The molecule has 0 N–H and O–H groups in total. The molecule has 0 radical (unpaired) electrons. The van der Waals surface area contributed by atoms with Gasteiger partial charge in [0.15, 0.2) is 5.75 Å². The van der Waals surface area contributed by atoms with E-state index in [1.165, 1.54) is 0 Å². The Morgan fingerprint density at radius 1 is 0.741 bits per heavy atom. The van der Waals surface area contributed by atoms with Crippen molar-refractivity contribution in [2.45, 2.75) is 6.61 Å². The van der Waals surface area contributed by atoms with Crippen LogP contribution >= 0.6 is 0 Å². The Balaban J connectivity index is 1.54. The van der Waals surface area contributed by atoms with Crippen LogP contribution in [-0.2, 0) is 11.4 Å². The van der Waals surface area contributed by atoms with Gasteiger partial charge in [0.1, 0.15) is 12.9 Å². The molecule has 5 nitrogen and oxygen atoms in total. The van der Waals surface area contributed by atoms with Crippen molar-refractivity contribution in [2.75, 3.05) is 0 Å². The third-order valence-corrected chi connectivity index (χ3v) is 3.62. The van der Waals surface area contributed by atoms with Crippen molar-refractivity contribution in [2.24, 2.45) is 10.3 Å². The van der Waals surface area contributed by atoms with Gasteiger partial charge in [0.25, 0.3) is 0 Å². The Morgan fingerprint density at radius 3 is 2.26 bits per heavy atom. The molecule has 0 saturated heterocycles. The Morgan fingerprint density at radius 2 is 1.44 bits per heavy atom. The number of carbonyl (C=O) groups excluding carboxylic acids is 1. The fourth-order valence-electron chi connectivity index (χ4n) is 2.30. The van der Waals surface area contributed by atoms with Gasteiger partial charge in [-0.05, 0) is 34.9 Å². The first-order valence-electron chi connectivity index (χ1n) is 8.38. The van der Waals surface area contributed by atoms with E-state index >= 15 is 0 Å². The molecule has 0 spiro atoms. The maximum absolute atomic E-state index is 10.8. The summed E-state index contributed by atoms with van der Waals surface area (Å²) in [6.07, 6.45) is 3.96. The number of nitrogens with zero attached hydrogens (tertiary/aromatic N) is 2. The van der Waals surface area contributed by atoms with Gasteiger partial charge in [0.05, 0.1) is 12.4 Å². The highest BCUT2D eigenvalue weighted by molar-refractivity contribution is 5.84. The van der Waals surface area contributed by atoms with E-state index in [0.717, 1.165) is 23.0 Å². The summed E-state index contributed by atoms with van der Waals surface area (Å²) in [5, 5.41) is 7.92. The minimum absolute atomic E-state index is 0.414. The zero-order valence-electron chi connectivity index (χ0n) is 14.6. The third kappa shape index (κ3) is 5.93. The summed E-state index contributed by atoms with van der Waals surface area (Å²) in [5.41, 5.74) is 3.26. The van der Waals surface area contributed by atoms with Crippen LogP contribution in [0.3, 0.4) is 0 Å². The number of aldehydes is 1. The summed E-state index contributed by atoms with van der Waals surface area (Å²) in [5.74, 6) is 0.574. The van der Waals surface area contributed by atoms with Gasteiger partial charge in [-0.1, -0.05) is 71.0 Å². The average Bonchev–Trinajstić information content (AvgIpc) is 2.72. The van der Waals surface area contributed by atoms with Gasteiger partial charge in [0, 0.05) is 5.56 Å². The quantitative estimate of drug-likeness (QED) is 0.339. The molecular formula is C22H18N2O3. The zero-order chi connectivity index (χ0) is 18.7. The summed E-state index contributed by atoms with van der Waals surface area (Å²) in [6, 6.07) is 24.2. The van der Waals surface area contributed by atoms with Gasteiger partial charge < -0.3 is 9.68 Å². The lowest BCUT2D eigenvalue weighted by Crippen LogP contribution is -1.90. The Bertz CT molecular complexity index is 937. The summed E-state index contributed by atoms with van der Waals surface area (Å²) >= 11 is 0. The van der Waals surface area contributed by atoms with Gasteiger partial charge in [-0.25, -0.2) is 0 Å². The fraction of sp³-hybridized carbons (Fsp3) is 0.0455. The van der Waals surface area contributed by atoms with Gasteiger partial charge >= 0.3 is 0 Å². The summed E-state index contributed by atoms with van der Waals surface area (Å²) in [6.45, 7) is 0.414. The number of rotatable bonds is 8. The third-order valence-electron chi connectivity index (χ3n) is 3.62. The summed E-state index contributed by atoms with van der Waals surface area (Å²) in [4.78, 5) is 21.5. The molecule has 134 valence electrons. The minimum Gasteiger partial charge on any atom is -0.391 e. The van der Waals surface area contributed by atoms with Crippen molar-refractivity contribution in [3.63, 3.8) is 0 Å². The highest BCUT2D eigenvalue weighted by atomic mass is 16.6. The van der Waals surface area contributed by atoms with E-state index < -0.39 is 0 Å². The van der Waals surface area contributed by atoms with E-state index in [2.05, 4.69) is 10.3 Å². The van der Waals surface area contributed by atoms with Crippen LogP contribution in [0.4, 0.5) is 0 Å². The first kappa shape index (κ1) is 18.1. The lowest BCUT2D eigenvalue weighted by molar-refractivity contribution is 0.112. The average molecular weight is 358 g/mol. The molecule has 0 aliphatic heterocycles. The number of hydrogen-bond acceptors (Lipinski definition) is 5. The van der Waals surface area contributed by atoms with Crippen LogP contribution < -0.4 is 4.84 Å². The second kappa shape index (κ2) is 9.68. The second-order valence-electron chi connectivity index (χ2n) is 5.68. The van der Waals surface area contributed by atoms with Crippen LogP contribution in [0.1, 0.15) is 27.0 Å². The molecule has 3 aromatic carbocycles. The topological polar surface area (TPSA) is 60.2 Å². The Labute approximate surface area is 157 Å². The molecule has 0 unspecified atom stereocenters. The maximum atomic E-state index is 10.8. The highest BCUT2D eigenvalue weighted by Crippen LogP contribution is 2.12. The zero-order valence-corrected chi connectivity index (χ0v) is 14.6. The van der Waals surface area contributed by atoms with E-state index in [9.17, 15) is 4.79 Å². The molecule has 3 rings (SSSR count). The molecule has 0 heterocycles. The van der Waals surface area contributed by atoms with Gasteiger partial charge in [-0.3, -0.25) is 4.79 Å². The molecule has 0 aromatic heterocycles. The molecule has 5 heteroatoms. The number of carbonyl (C=O) groups is 1. The Hall–Kier alpha value is -3.73. The largest absolute Gasteiger partial charge is 0.391 e. The number of oxime groups is 2. The molecule has 27 heavy (non-hydrogen) atoms. The van der Waals surface area contributed by atoms with Gasteiger partial charge in [0.2, 0.25) is 0 Å². The van der Waals surface area contributed by atoms with E-state index in [0.29, 0.717) is 17.9 Å². The van der Waals surface area contributed by atoms with Crippen molar-refractivity contribution in [1.82, 2.24) is 0 Å². The lowest BCUT2D eigenvalue weighted by atomic mass is 10.1. The molecule has 0 saturated carbocycles. The first-order chi connectivity index (χ1) is 13.3. The van der Waals surface area contributed by atoms with E-state index in [4.69, 9.17) is 9.68 Å². The normalized spacial score (nSPS) is 11.0. The molecule has 3 aromatic rings. The smallest absolute Gasteiger partial charge is 0.158 e.